The molecule has 0 spiro atoms. The van der Waals surface area contributed by atoms with Gasteiger partial charge in [0, 0.05) is 81.0 Å². The second kappa shape index (κ2) is 20.3. The van der Waals surface area contributed by atoms with Gasteiger partial charge in [0.1, 0.15) is 29.8 Å². The number of fused-ring (bicyclic) bond motifs is 2. The van der Waals surface area contributed by atoms with Crippen molar-refractivity contribution in [3.8, 4) is 11.5 Å². The number of aromatic nitrogens is 2. The average molecular weight is 943 g/mol. The number of anilines is 4. The van der Waals surface area contributed by atoms with E-state index >= 15 is 8.78 Å². The first kappa shape index (κ1) is 47.1. The SMILES string of the molecule is COc1cc(C(=O)NC2CCC(N3CCN(CCOCCOc4cccc5c4CN(C4CCC(=O)NC4=O)C5=O)CC3)CC2)ccc1Nc1ncc2c(n1)N(C1CCCC1)CC(F)(F)C(=O)N2C. The van der Waals surface area contributed by atoms with Crippen LogP contribution in [0.25, 0.3) is 0 Å². The van der Waals surface area contributed by atoms with Crippen LogP contribution in [0.4, 0.5) is 31.9 Å². The number of hydrogen-bond donors (Lipinski definition) is 3. The number of rotatable bonds is 15. The van der Waals surface area contributed by atoms with Gasteiger partial charge in [-0.1, -0.05) is 18.9 Å². The van der Waals surface area contributed by atoms with Crippen molar-refractivity contribution in [2.75, 3.05) is 88.4 Å². The Balaban J connectivity index is 0.688. The summed E-state index contributed by atoms with van der Waals surface area (Å²) < 4.78 is 47.8. The van der Waals surface area contributed by atoms with Crippen molar-refractivity contribution in [1.82, 2.24) is 35.3 Å². The number of alkyl halides is 2. The van der Waals surface area contributed by atoms with Gasteiger partial charge in [0.2, 0.25) is 17.8 Å². The number of piperazine rings is 1. The Kier molecular flexibility index (Phi) is 14.1. The number of piperidine rings is 1. The highest BCUT2D eigenvalue weighted by Crippen LogP contribution is 2.40. The minimum atomic E-state index is -3.58. The van der Waals surface area contributed by atoms with Crippen LogP contribution in [0.5, 0.6) is 11.5 Å². The fourth-order valence-corrected chi connectivity index (χ4v) is 10.6. The molecule has 2 aliphatic carbocycles. The smallest absolute Gasteiger partial charge is 0.342 e. The molecule has 1 unspecified atom stereocenters. The van der Waals surface area contributed by atoms with Crippen molar-refractivity contribution >= 4 is 52.7 Å². The minimum Gasteiger partial charge on any atom is -0.495 e. The maximum Gasteiger partial charge on any atom is 0.342 e. The molecule has 20 heteroatoms. The van der Waals surface area contributed by atoms with Crippen LogP contribution in [-0.2, 0) is 25.7 Å². The summed E-state index contributed by atoms with van der Waals surface area (Å²) >= 11 is 0. The van der Waals surface area contributed by atoms with E-state index in [-0.39, 0.29) is 60.2 Å². The van der Waals surface area contributed by atoms with Crippen LogP contribution in [0.3, 0.4) is 0 Å². The molecular formula is C48H60F2N10O8. The lowest BCUT2D eigenvalue weighted by Crippen LogP contribution is -2.52. The zero-order valence-electron chi connectivity index (χ0n) is 38.6. The molecule has 3 aromatic rings. The number of ether oxygens (including phenoxy) is 3. The summed E-state index contributed by atoms with van der Waals surface area (Å²) in [7, 11) is 2.82. The zero-order valence-corrected chi connectivity index (χ0v) is 38.6. The summed E-state index contributed by atoms with van der Waals surface area (Å²) in [6.07, 6.45) is 8.96. The Bertz CT molecular complexity index is 2390. The zero-order chi connectivity index (χ0) is 47.5. The highest BCUT2D eigenvalue weighted by Gasteiger charge is 2.49. The first-order valence-electron chi connectivity index (χ1n) is 23.9. The monoisotopic (exact) mass is 942 g/mol. The van der Waals surface area contributed by atoms with Gasteiger partial charge in [-0.15, -0.1) is 0 Å². The van der Waals surface area contributed by atoms with Gasteiger partial charge in [-0.25, -0.2) is 4.98 Å². The number of methoxy groups -OCH3 is 1. The molecule has 2 saturated carbocycles. The molecule has 3 N–H and O–H groups in total. The van der Waals surface area contributed by atoms with E-state index in [9.17, 15) is 24.0 Å². The van der Waals surface area contributed by atoms with Crippen LogP contribution < -0.4 is 35.2 Å². The van der Waals surface area contributed by atoms with Crippen LogP contribution in [0, 0.1) is 0 Å². The fourth-order valence-electron chi connectivity index (χ4n) is 10.6. The number of hydrogen-bond acceptors (Lipinski definition) is 14. The van der Waals surface area contributed by atoms with Crippen molar-refractivity contribution in [2.24, 2.45) is 0 Å². The van der Waals surface area contributed by atoms with E-state index in [0.29, 0.717) is 60.6 Å². The summed E-state index contributed by atoms with van der Waals surface area (Å²) in [6.45, 7) is 5.46. The van der Waals surface area contributed by atoms with Gasteiger partial charge in [0.05, 0.1) is 45.3 Å². The molecule has 9 rings (SSSR count). The third-order valence-corrected chi connectivity index (χ3v) is 14.4. The first-order chi connectivity index (χ1) is 32.9. The molecule has 2 aromatic carbocycles. The van der Waals surface area contributed by atoms with E-state index < -0.39 is 30.3 Å². The van der Waals surface area contributed by atoms with Gasteiger partial charge >= 0.3 is 5.92 Å². The number of carbonyl (C=O) groups is 5. The molecule has 4 fully saturated rings. The van der Waals surface area contributed by atoms with Gasteiger partial charge in [-0.3, -0.25) is 39.1 Å². The van der Waals surface area contributed by atoms with E-state index in [4.69, 9.17) is 14.2 Å². The van der Waals surface area contributed by atoms with Crippen molar-refractivity contribution in [3.05, 3.63) is 59.3 Å². The van der Waals surface area contributed by atoms with Crippen molar-refractivity contribution in [3.63, 3.8) is 0 Å². The van der Waals surface area contributed by atoms with Crippen LogP contribution in [-0.4, -0.2) is 158 Å². The van der Waals surface area contributed by atoms with Gasteiger partial charge in [-0.05, 0) is 75.3 Å². The molecule has 18 nitrogen and oxygen atoms in total. The largest absolute Gasteiger partial charge is 0.495 e. The molecule has 0 bridgehead atoms. The Morgan fingerprint density at radius 2 is 1.68 bits per heavy atom. The van der Waals surface area contributed by atoms with E-state index in [1.807, 2.05) is 6.07 Å². The van der Waals surface area contributed by atoms with E-state index in [1.54, 1.807) is 35.2 Å². The summed E-state index contributed by atoms with van der Waals surface area (Å²) in [5, 5.41) is 8.70. The van der Waals surface area contributed by atoms with E-state index in [2.05, 4.69) is 35.7 Å². The number of amides is 5. The second-order valence-corrected chi connectivity index (χ2v) is 18.6. The number of nitrogens with zero attached hydrogens (tertiary/aromatic N) is 7. The van der Waals surface area contributed by atoms with Crippen molar-refractivity contribution in [2.45, 2.75) is 101 Å². The molecule has 4 aliphatic heterocycles. The third kappa shape index (κ3) is 10.1. The highest BCUT2D eigenvalue weighted by molar-refractivity contribution is 6.06. The number of benzene rings is 2. The van der Waals surface area contributed by atoms with E-state index in [0.717, 1.165) is 94.6 Å². The van der Waals surface area contributed by atoms with Crippen molar-refractivity contribution < 1.29 is 47.0 Å². The van der Waals surface area contributed by atoms with Gasteiger partial charge in [0.15, 0.2) is 5.82 Å². The van der Waals surface area contributed by atoms with Crippen LogP contribution in [0.2, 0.25) is 0 Å². The topological polar surface area (TPSA) is 191 Å². The molecule has 1 aromatic heterocycles. The van der Waals surface area contributed by atoms with Crippen molar-refractivity contribution in [1.29, 1.82) is 0 Å². The molecular weight excluding hydrogens is 883 g/mol. The van der Waals surface area contributed by atoms with Gasteiger partial charge < -0.3 is 39.5 Å². The summed E-state index contributed by atoms with van der Waals surface area (Å²) in [5.41, 5.74) is 2.42. The van der Waals surface area contributed by atoms with Crippen LogP contribution in [0.1, 0.15) is 90.5 Å². The quantitative estimate of drug-likeness (QED) is 0.146. The lowest BCUT2D eigenvalue weighted by molar-refractivity contribution is -0.140. The lowest BCUT2D eigenvalue weighted by atomic mass is 9.89. The Hall–Kier alpha value is -5.99. The van der Waals surface area contributed by atoms with Gasteiger partial charge in [-0.2, -0.15) is 13.8 Å². The molecule has 2 saturated heterocycles. The lowest BCUT2D eigenvalue weighted by Gasteiger charge is -2.42. The molecule has 364 valence electrons. The Morgan fingerprint density at radius 3 is 2.43 bits per heavy atom. The number of nitrogens with one attached hydrogen (secondary N) is 3. The first-order valence-corrected chi connectivity index (χ1v) is 23.9. The molecule has 6 aliphatic rings. The fraction of sp³-hybridized carbons (Fsp3) is 0.562. The average Bonchev–Trinajstić information content (AvgIpc) is 3.99. The molecule has 1 atom stereocenters. The van der Waals surface area contributed by atoms with Gasteiger partial charge in [0.25, 0.3) is 17.7 Å². The number of halogens is 2. The standard InChI is InChI=1S/C48H60F2N10O8/c1-56-38-27-51-47(55-42(38)60(33-6-3-4-7-33)29-48(49,50)46(56)65)53-36-15-10-30(26-40(36)66-2)43(62)52-31-11-13-32(14-12-31)58-20-18-57(19-21-58)22-23-67-24-25-68-39-9-5-8-34-35(39)28-59(45(34)64)37-16-17-41(61)54-44(37)63/h5,8-10,15,26-27,31-33,37H,3-4,6-7,11-14,16-25,28-29H2,1-2H3,(H,52,62)(H,51,53,55)(H,54,61,63). The molecule has 5 heterocycles. The Morgan fingerprint density at radius 1 is 0.897 bits per heavy atom. The predicted molar refractivity (Wildman–Crippen MR) is 247 cm³/mol. The summed E-state index contributed by atoms with van der Waals surface area (Å²) in [4.78, 5) is 81.4. The summed E-state index contributed by atoms with van der Waals surface area (Å²) in [5.74, 6) is -4.64. The molecule has 0 radical (unpaired) electrons. The second-order valence-electron chi connectivity index (χ2n) is 18.6. The number of carbonyl (C=O) groups excluding carboxylic acids is 5. The maximum atomic E-state index is 15.1. The highest BCUT2D eigenvalue weighted by atomic mass is 19.3. The third-order valence-electron chi connectivity index (χ3n) is 14.4. The van der Waals surface area contributed by atoms with E-state index in [1.165, 1.54) is 25.3 Å². The molecule has 68 heavy (non-hydrogen) atoms. The minimum absolute atomic E-state index is 0.0518. The summed E-state index contributed by atoms with van der Waals surface area (Å²) in [6, 6.07) is 10.1. The number of imide groups is 1. The van der Waals surface area contributed by atoms with Crippen LogP contribution in [0.15, 0.2) is 42.6 Å². The Labute approximate surface area is 394 Å². The van der Waals surface area contributed by atoms with Crippen LogP contribution >= 0.6 is 0 Å². The normalized spacial score (nSPS) is 23.5. The predicted octanol–water partition coefficient (Wildman–Crippen LogP) is 4.10. The maximum absolute atomic E-state index is 15.1. The molecule has 5 amide bonds.